The zero-order valence-electron chi connectivity index (χ0n) is 23.6. The highest BCUT2D eigenvalue weighted by atomic mass is 32.1. The van der Waals surface area contributed by atoms with Crippen molar-refractivity contribution in [3.8, 4) is 28.7 Å². The molecular weight excluding hydrogens is 557 g/mol. The van der Waals surface area contributed by atoms with Crippen LogP contribution < -0.4 is 0 Å². The third-order valence-corrected chi connectivity index (χ3v) is 10.4. The highest BCUT2D eigenvalue weighted by Crippen LogP contribution is 2.46. The topological polar surface area (TPSA) is 43.6 Å². The molecule has 0 fully saturated rings. The maximum Gasteiger partial charge on any atom is 0.238 e. The van der Waals surface area contributed by atoms with Gasteiger partial charge in [-0.2, -0.15) is 9.97 Å². The molecule has 10 rings (SSSR count). The monoisotopic (exact) mass is 580 g/mol. The second-order valence-electron chi connectivity index (χ2n) is 11.6. The number of nitrogens with zero attached hydrogens (tertiary/aromatic N) is 4. The van der Waals surface area contributed by atoms with Gasteiger partial charge in [0, 0.05) is 43.3 Å². The number of fused-ring (bicyclic) bond motifs is 13. The lowest BCUT2D eigenvalue weighted by molar-refractivity contribution is 0.857. The first-order valence-electron chi connectivity index (χ1n) is 15.0. The molecule has 3 aromatic heterocycles. The zero-order valence-corrected chi connectivity index (χ0v) is 24.4. The summed E-state index contributed by atoms with van der Waals surface area (Å²) in [6.45, 7) is 0. The molecule has 4 nitrogen and oxygen atoms in total. The molecule has 1 aliphatic carbocycles. The number of hydrogen-bond donors (Lipinski definition) is 0. The Morgan fingerprint density at radius 2 is 1.39 bits per heavy atom. The average Bonchev–Trinajstić information content (AvgIpc) is 3.64. The summed E-state index contributed by atoms with van der Waals surface area (Å²) in [6.07, 6.45) is 8.03. The molecule has 8 bridgehead atoms. The fourth-order valence-corrected chi connectivity index (χ4v) is 8.43. The van der Waals surface area contributed by atoms with Crippen LogP contribution in [0.2, 0.25) is 0 Å². The maximum absolute atomic E-state index is 5.24. The van der Waals surface area contributed by atoms with Gasteiger partial charge in [-0.25, -0.2) is 4.98 Å². The molecule has 0 N–H and O–H groups in total. The van der Waals surface area contributed by atoms with Gasteiger partial charge in [-0.15, -0.1) is 11.3 Å². The summed E-state index contributed by atoms with van der Waals surface area (Å²) in [5.41, 5.74) is 8.02. The van der Waals surface area contributed by atoms with Crippen molar-refractivity contribution in [3.63, 3.8) is 0 Å². The van der Waals surface area contributed by atoms with E-state index in [9.17, 15) is 0 Å². The van der Waals surface area contributed by atoms with Crippen LogP contribution in [0.5, 0.6) is 0 Å². The number of hydrogen-bond acceptors (Lipinski definition) is 4. The van der Waals surface area contributed by atoms with Crippen LogP contribution in [0.4, 0.5) is 0 Å². The number of benzene rings is 5. The van der Waals surface area contributed by atoms with Gasteiger partial charge in [-0.3, -0.25) is 4.57 Å². The molecule has 2 aliphatic rings. The van der Waals surface area contributed by atoms with E-state index in [1.54, 1.807) is 0 Å². The number of rotatable bonds is 1. The van der Waals surface area contributed by atoms with Crippen molar-refractivity contribution in [1.82, 2.24) is 19.5 Å². The molecule has 0 radical (unpaired) electrons. The smallest absolute Gasteiger partial charge is 0.238 e. The van der Waals surface area contributed by atoms with Crippen molar-refractivity contribution in [2.75, 3.05) is 0 Å². The fraction of sp³-hybridized carbons (Fsp3) is 0.0513. The summed E-state index contributed by atoms with van der Waals surface area (Å²) in [6, 6.07) is 38.9. The number of allylic oxidation sites excluding steroid dienone is 4. The molecule has 206 valence electrons. The van der Waals surface area contributed by atoms with Crippen molar-refractivity contribution in [1.29, 1.82) is 0 Å². The minimum Gasteiger partial charge on any atom is -0.276 e. The number of thiophene rings is 1. The van der Waals surface area contributed by atoms with E-state index in [1.165, 1.54) is 47.6 Å². The van der Waals surface area contributed by atoms with Crippen molar-refractivity contribution >= 4 is 58.9 Å². The zero-order chi connectivity index (χ0) is 28.8. The highest BCUT2D eigenvalue weighted by molar-refractivity contribution is 7.27. The molecule has 1 atom stereocenters. The molecule has 0 spiro atoms. The summed E-state index contributed by atoms with van der Waals surface area (Å²) < 4.78 is 4.82. The van der Waals surface area contributed by atoms with Gasteiger partial charge in [0.05, 0.1) is 15.7 Å². The minimum absolute atomic E-state index is 0.268. The Labute approximate surface area is 257 Å². The van der Waals surface area contributed by atoms with Crippen LogP contribution in [0.3, 0.4) is 0 Å². The lowest BCUT2D eigenvalue weighted by Crippen LogP contribution is -2.07. The maximum atomic E-state index is 5.24. The van der Waals surface area contributed by atoms with Crippen LogP contribution >= 0.6 is 11.3 Å². The Balaban J connectivity index is 1.43. The van der Waals surface area contributed by atoms with Gasteiger partial charge in [-0.1, -0.05) is 115 Å². The molecule has 1 aliphatic heterocycles. The van der Waals surface area contributed by atoms with E-state index >= 15 is 0 Å². The lowest BCUT2D eigenvalue weighted by Gasteiger charge is -2.19. The standard InChI is InChI=1S/C39H24N4S/c1-2-9-23(10-3-1)37-40-38-27-14-7-12-25(22-27)24-11-6-13-26(21-24)28-16-8-17-31-32-20-19-30-29-15-4-5-18-33(29)43(39(41-37)42-38)34(30)36(32)44-35(28)31/h1-10,12-22,24H,11H2. The summed E-state index contributed by atoms with van der Waals surface area (Å²) in [5, 5.41) is 4.94. The molecule has 4 heterocycles. The van der Waals surface area contributed by atoms with Crippen molar-refractivity contribution in [3.05, 3.63) is 139 Å². The third-order valence-electron chi connectivity index (χ3n) is 9.11. The average molecular weight is 581 g/mol. The van der Waals surface area contributed by atoms with E-state index in [1.807, 2.05) is 29.5 Å². The lowest BCUT2D eigenvalue weighted by atomic mass is 9.86. The summed E-state index contributed by atoms with van der Waals surface area (Å²) in [7, 11) is 0. The molecular formula is C39H24N4S. The van der Waals surface area contributed by atoms with Crippen molar-refractivity contribution < 1.29 is 0 Å². The summed E-state index contributed by atoms with van der Waals surface area (Å²) >= 11 is 1.88. The second kappa shape index (κ2) is 9.06. The number of aromatic nitrogens is 4. The van der Waals surface area contributed by atoms with E-state index in [2.05, 4.69) is 114 Å². The summed E-state index contributed by atoms with van der Waals surface area (Å²) in [5.74, 6) is 2.24. The molecule has 8 aromatic rings. The first kappa shape index (κ1) is 24.1. The molecule has 1 unspecified atom stereocenters. The van der Waals surface area contributed by atoms with Gasteiger partial charge in [-0.05, 0) is 35.3 Å². The predicted molar refractivity (Wildman–Crippen MR) is 182 cm³/mol. The largest absolute Gasteiger partial charge is 0.276 e. The third kappa shape index (κ3) is 3.41. The Hall–Kier alpha value is -5.39. The molecule has 44 heavy (non-hydrogen) atoms. The Bertz CT molecular complexity index is 2530. The number of para-hydroxylation sites is 1. The first-order chi connectivity index (χ1) is 21.8. The van der Waals surface area contributed by atoms with E-state index in [-0.39, 0.29) is 5.92 Å². The normalized spacial score (nSPS) is 15.5. The fourth-order valence-electron chi connectivity index (χ4n) is 7.05. The second-order valence-corrected chi connectivity index (χ2v) is 12.6. The molecule has 0 saturated carbocycles. The minimum atomic E-state index is 0.268. The Morgan fingerprint density at radius 3 is 2.32 bits per heavy atom. The van der Waals surface area contributed by atoms with E-state index in [4.69, 9.17) is 15.0 Å². The predicted octanol–water partition coefficient (Wildman–Crippen LogP) is 10.1. The Kier molecular flexibility index (Phi) is 4.96. The van der Waals surface area contributed by atoms with E-state index in [0.717, 1.165) is 28.6 Å². The van der Waals surface area contributed by atoms with Gasteiger partial charge in [0.15, 0.2) is 11.6 Å². The molecule has 5 heteroatoms. The van der Waals surface area contributed by atoms with Crippen LogP contribution in [0.25, 0.3) is 76.3 Å². The summed E-state index contributed by atoms with van der Waals surface area (Å²) in [4.78, 5) is 15.5. The van der Waals surface area contributed by atoms with Gasteiger partial charge in [0.25, 0.3) is 0 Å². The van der Waals surface area contributed by atoms with E-state index in [0.29, 0.717) is 17.6 Å². The SMILES string of the molecule is C1=CC2=CC(C1)c1cccc(c1)-c1nc(-c3ccccc3)nc(n1)-n1c3ccccc3c3ccc4c5cccc2c5sc4c31. The van der Waals surface area contributed by atoms with Gasteiger partial charge in [0.1, 0.15) is 0 Å². The quantitative estimate of drug-likeness (QED) is 0.194. The molecule has 5 aromatic carbocycles. The van der Waals surface area contributed by atoms with Gasteiger partial charge < -0.3 is 0 Å². The van der Waals surface area contributed by atoms with Crippen molar-refractivity contribution in [2.45, 2.75) is 12.3 Å². The van der Waals surface area contributed by atoms with Crippen LogP contribution in [0, 0.1) is 0 Å². The van der Waals surface area contributed by atoms with Gasteiger partial charge >= 0.3 is 0 Å². The van der Waals surface area contributed by atoms with Crippen LogP contribution in [-0.2, 0) is 0 Å². The Morgan fingerprint density at radius 1 is 0.636 bits per heavy atom. The van der Waals surface area contributed by atoms with Crippen LogP contribution in [0.15, 0.2) is 127 Å². The van der Waals surface area contributed by atoms with Crippen LogP contribution in [-0.4, -0.2) is 19.5 Å². The highest BCUT2D eigenvalue weighted by Gasteiger charge is 2.23. The molecule has 0 amide bonds. The first-order valence-corrected chi connectivity index (χ1v) is 15.8. The van der Waals surface area contributed by atoms with Gasteiger partial charge in [0.2, 0.25) is 5.95 Å². The molecule has 0 saturated heterocycles. The van der Waals surface area contributed by atoms with Crippen LogP contribution in [0.1, 0.15) is 23.5 Å². The van der Waals surface area contributed by atoms with Crippen molar-refractivity contribution in [2.24, 2.45) is 0 Å². The van der Waals surface area contributed by atoms with E-state index < -0.39 is 0 Å².